The van der Waals surface area contributed by atoms with E-state index in [1.807, 2.05) is 4.98 Å². The van der Waals surface area contributed by atoms with E-state index in [0.29, 0.717) is 6.07 Å². The third-order valence-corrected chi connectivity index (χ3v) is 1.45. The van der Waals surface area contributed by atoms with Crippen molar-refractivity contribution in [2.24, 2.45) is 0 Å². The second-order valence-corrected chi connectivity index (χ2v) is 2.38. The van der Waals surface area contributed by atoms with E-state index in [4.69, 9.17) is 15.3 Å². The third kappa shape index (κ3) is 1.56. The molecule has 0 fully saturated rings. The molecule has 0 aliphatic heterocycles. The predicted octanol–water partition coefficient (Wildman–Crippen LogP) is -0.523. The van der Waals surface area contributed by atoms with Gasteiger partial charge in [-0.25, -0.2) is 9.59 Å². The van der Waals surface area contributed by atoms with Gasteiger partial charge in [0.05, 0.1) is 0 Å². The van der Waals surface area contributed by atoms with Crippen molar-refractivity contribution < 1.29 is 24.9 Å². The van der Waals surface area contributed by atoms with E-state index < -0.39 is 34.5 Å². The minimum atomic E-state index is -1.61. The molecular formula is C7H5NO6. The summed E-state index contributed by atoms with van der Waals surface area (Å²) in [4.78, 5) is 33.6. The van der Waals surface area contributed by atoms with Gasteiger partial charge in [0.15, 0.2) is 11.4 Å². The molecule has 0 spiro atoms. The zero-order chi connectivity index (χ0) is 10.9. The Labute approximate surface area is 76.2 Å². The summed E-state index contributed by atoms with van der Waals surface area (Å²) >= 11 is 0. The summed E-state index contributed by atoms with van der Waals surface area (Å²) in [5.41, 5.74) is -2.49. The van der Waals surface area contributed by atoms with Crippen LogP contribution in [0.1, 0.15) is 21.0 Å². The SMILES string of the molecule is O=C(O)c1cc(=O)c(O)c(C(=O)O)[nH]1. The van der Waals surface area contributed by atoms with Crippen LogP contribution in [0.4, 0.5) is 0 Å². The quantitative estimate of drug-likeness (QED) is 0.507. The van der Waals surface area contributed by atoms with Crippen molar-refractivity contribution in [3.8, 4) is 5.75 Å². The Balaban J connectivity index is 3.51. The van der Waals surface area contributed by atoms with Crippen LogP contribution in [0.25, 0.3) is 0 Å². The maximum absolute atomic E-state index is 10.9. The monoisotopic (exact) mass is 199 g/mol. The van der Waals surface area contributed by atoms with E-state index in [0.717, 1.165) is 0 Å². The van der Waals surface area contributed by atoms with Gasteiger partial charge in [-0.15, -0.1) is 0 Å². The molecule has 74 valence electrons. The van der Waals surface area contributed by atoms with Crippen LogP contribution in [0.3, 0.4) is 0 Å². The molecule has 0 aromatic carbocycles. The Hall–Kier alpha value is -2.31. The molecule has 1 heterocycles. The molecule has 1 aromatic heterocycles. The van der Waals surface area contributed by atoms with Gasteiger partial charge in [0.1, 0.15) is 5.69 Å². The second kappa shape index (κ2) is 3.21. The zero-order valence-corrected chi connectivity index (χ0v) is 6.64. The highest BCUT2D eigenvalue weighted by molar-refractivity contribution is 5.91. The summed E-state index contributed by atoms with van der Waals surface area (Å²) in [6.07, 6.45) is 0. The first-order valence-electron chi connectivity index (χ1n) is 3.36. The molecule has 0 saturated heterocycles. The van der Waals surface area contributed by atoms with Crippen LogP contribution < -0.4 is 5.43 Å². The molecule has 0 unspecified atom stereocenters. The molecule has 0 amide bonds. The number of hydrogen-bond donors (Lipinski definition) is 4. The summed E-state index contributed by atoms with van der Waals surface area (Å²) in [6.45, 7) is 0. The molecule has 0 saturated carbocycles. The normalized spacial score (nSPS) is 9.71. The van der Waals surface area contributed by atoms with E-state index in [-0.39, 0.29) is 0 Å². The summed E-state index contributed by atoms with van der Waals surface area (Å²) < 4.78 is 0. The van der Waals surface area contributed by atoms with Crippen molar-refractivity contribution in [2.75, 3.05) is 0 Å². The largest absolute Gasteiger partial charge is 0.502 e. The lowest BCUT2D eigenvalue weighted by Crippen LogP contribution is -2.15. The van der Waals surface area contributed by atoms with Crippen molar-refractivity contribution in [2.45, 2.75) is 0 Å². The van der Waals surface area contributed by atoms with Crippen molar-refractivity contribution in [3.63, 3.8) is 0 Å². The van der Waals surface area contributed by atoms with Gasteiger partial charge < -0.3 is 20.3 Å². The average molecular weight is 199 g/mol. The maximum Gasteiger partial charge on any atom is 0.356 e. The highest BCUT2D eigenvalue weighted by atomic mass is 16.4. The molecule has 4 N–H and O–H groups in total. The molecule has 1 aromatic rings. The third-order valence-electron chi connectivity index (χ3n) is 1.45. The fourth-order valence-corrected chi connectivity index (χ4v) is 0.823. The van der Waals surface area contributed by atoms with Gasteiger partial charge >= 0.3 is 11.9 Å². The van der Waals surface area contributed by atoms with Crippen molar-refractivity contribution in [3.05, 3.63) is 27.7 Å². The first-order chi connectivity index (χ1) is 6.43. The molecule has 0 radical (unpaired) electrons. The minimum Gasteiger partial charge on any atom is -0.502 e. The van der Waals surface area contributed by atoms with Crippen LogP contribution in [0.15, 0.2) is 10.9 Å². The number of carbonyl (C=O) groups is 2. The van der Waals surface area contributed by atoms with Gasteiger partial charge in [-0.1, -0.05) is 0 Å². The Bertz CT molecular complexity index is 460. The minimum absolute atomic E-state index is 0.592. The van der Waals surface area contributed by atoms with E-state index in [9.17, 15) is 14.4 Å². The van der Waals surface area contributed by atoms with E-state index in [1.165, 1.54) is 0 Å². The highest BCUT2D eigenvalue weighted by Gasteiger charge is 2.17. The van der Waals surface area contributed by atoms with E-state index in [2.05, 4.69) is 0 Å². The number of pyridine rings is 1. The Morgan fingerprint density at radius 1 is 1.21 bits per heavy atom. The van der Waals surface area contributed by atoms with Crippen LogP contribution >= 0.6 is 0 Å². The van der Waals surface area contributed by atoms with Crippen LogP contribution in [0.5, 0.6) is 5.75 Å². The van der Waals surface area contributed by atoms with Gasteiger partial charge in [0, 0.05) is 6.07 Å². The lowest BCUT2D eigenvalue weighted by molar-refractivity contribution is 0.0682. The summed E-state index contributed by atoms with van der Waals surface area (Å²) in [6, 6.07) is 0.601. The van der Waals surface area contributed by atoms with Gasteiger partial charge in [-0.2, -0.15) is 0 Å². The topological polar surface area (TPSA) is 128 Å². The lowest BCUT2D eigenvalue weighted by Gasteiger charge is -2.00. The molecule has 0 bridgehead atoms. The first kappa shape index (κ1) is 9.78. The van der Waals surface area contributed by atoms with Crippen molar-refractivity contribution in [1.29, 1.82) is 0 Å². The standard InChI is InChI=1S/C7H5NO6/c9-3-1-2(6(11)12)8-4(5(3)10)7(13)14/h1,10H,(H,8,9)(H,11,12)(H,13,14). The molecule has 0 aliphatic rings. The first-order valence-corrected chi connectivity index (χ1v) is 3.36. The molecular weight excluding hydrogens is 194 g/mol. The number of aromatic amines is 1. The number of hydrogen-bond acceptors (Lipinski definition) is 4. The fraction of sp³-hybridized carbons (Fsp3) is 0. The zero-order valence-electron chi connectivity index (χ0n) is 6.64. The predicted molar refractivity (Wildman–Crippen MR) is 42.6 cm³/mol. The Morgan fingerprint density at radius 3 is 2.21 bits per heavy atom. The Morgan fingerprint density at radius 2 is 1.79 bits per heavy atom. The summed E-state index contributed by atoms with van der Waals surface area (Å²) in [7, 11) is 0. The van der Waals surface area contributed by atoms with Crippen molar-refractivity contribution in [1.82, 2.24) is 4.98 Å². The number of carboxylic acids is 2. The number of aromatic hydroxyl groups is 1. The van der Waals surface area contributed by atoms with Crippen LogP contribution in [0, 0.1) is 0 Å². The smallest absolute Gasteiger partial charge is 0.356 e. The maximum atomic E-state index is 10.9. The lowest BCUT2D eigenvalue weighted by atomic mass is 10.2. The highest BCUT2D eigenvalue weighted by Crippen LogP contribution is 2.08. The molecule has 0 atom stereocenters. The number of H-pyrrole nitrogens is 1. The van der Waals surface area contributed by atoms with E-state index in [1.54, 1.807) is 0 Å². The van der Waals surface area contributed by atoms with Gasteiger partial charge in [-0.3, -0.25) is 4.79 Å². The molecule has 7 nitrogen and oxygen atoms in total. The second-order valence-electron chi connectivity index (χ2n) is 2.38. The molecule has 0 aliphatic carbocycles. The molecule has 7 heteroatoms. The van der Waals surface area contributed by atoms with Gasteiger partial charge in [0.2, 0.25) is 5.43 Å². The van der Waals surface area contributed by atoms with E-state index >= 15 is 0 Å². The average Bonchev–Trinajstić information content (AvgIpc) is 2.08. The number of aromatic nitrogens is 1. The number of aromatic carboxylic acids is 2. The Kier molecular flexibility index (Phi) is 2.24. The summed E-state index contributed by atoms with van der Waals surface area (Å²) in [5.74, 6) is -4.10. The van der Waals surface area contributed by atoms with Crippen molar-refractivity contribution >= 4 is 11.9 Å². The van der Waals surface area contributed by atoms with Gasteiger partial charge in [-0.05, 0) is 0 Å². The summed E-state index contributed by atoms with van der Waals surface area (Å²) in [5, 5.41) is 25.9. The number of carboxylic acid groups (broad SMARTS) is 2. The van der Waals surface area contributed by atoms with Crippen LogP contribution in [0.2, 0.25) is 0 Å². The number of nitrogens with one attached hydrogen (secondary N) is 1. The molecule has 1 rings (SSSR count). The molecule has 14 heavy (non-hydrogen) atoms. The van der Waals surface area contributed by atoms with Crippen LogP contribution in [-0.2, 0) is 0 Å². The fourth-order valence-electron chi connectivity index (χ4n) is 0.823. The van der Waals surface area contributed by atoms with Crippen LogP contribution in [-0.4, -0.2) is 32.2 Å². The van der Waals surface area contributed by atoms with Gasteiger partial charge in [0.25, 0.3) is 0 Å². The number of rotatable bonds is 2.